The van der Waals surface area contributed by atoms with Crippen molar-refractivity contribution >= 4 is 34.0 Å². The second kappa shape index (κ2) is 7.58. The number of hydrogen-bond donors (Lipinski definition) is 1. The van der Waals surface area contributed by atoms with Crippen molar-refractivity contribution in [2.75, 3.05) is 0 Å². The molecule has 0 amide bonds. The minimum atomic E-state index is 0.488. The van der Waals surface area contributed by atoms with Gasteiger partial charge in [-0.25, -0.2) is 4.98 Å². The van der Waals surface area contributed by atoms with Crippen LogP contribution in [0.4, 0.5) is 0 Å². The second-order valence-corrected chi connectivity index (χ2v) is 9.02. The van der Waals surface area contributed by atoms with E-state index in [2.05, 4.69) is 39.7 Å². The highest BCUT2D eigenvalue weighted by molar-refractivity contribution is 7.15. The molecular formula is C25H21N5S. The number of nitriles is 2. The molecule has 1 aliphatic carbocycles. The van der Waals surface area contributed by atoms with Crippen LogP contribution in [0.2, 0.25) is 0 Å². The summed E-state index contributed by atoms with van der Waals surface area (Å²) in [6.07, 6.45) is 6.28. The molecule has 152 valence electrons. The highest BCUT2D eigenvalue weighted by Crippen LogP contribution is 2.38. The van der Waals surface area contributed by atoms with Gasteiger partial charge >= 0.3 is 0 Å². The number of nitrogens with zero attached hydrogens (tertiary/aromatic N) is 4. The van der Waals surface area contributed by atoms with E-state index in [4.69, 9.17) is 0 Å². The number of aryl methyl sites for hydroxylation is 2. The molecule has 0 spiro atoms. The predicted octanol–water partition coefficient (Wildman–Crippen LogP) is 5.85. The van der Waals surface area contributed by atoms with Crippen LogP contribution in [0.1, 0.15) is 51.6 Å². The minimum absolute atomic E-state index is 0.488. The molecule has 3 aromatic heterocycles. The number of nitrogens with one attached hydrogen (secondary N) is 1. The fraction of sp³-hybridized carbons (Fsp3) is 0.240. The molecule has 0 unspecified atom stereocenters. The van der Waals surface area contributed by atoms with Crippen molar-refractivity contribution in [3.63, 3.8) is 0 Å². The predicted molar refractivity (Wildman–Crippen MR) is 124 cm³/mol. The Balaban J connectivity index is 1.62. The lowest BCUT2D eigenvalue weighted by molar-refractivity contribution is 0.695. The van der Waals surface area contributed by atoms with Crippen LogP contribution in [-0.4, -0.2) is 14.5 Å². The average molecular weight is 424 g/mol. The number of para-hydroxylation sites is 2. The molecule has 0 saturated carbocycles. The molecule has 0 radical (unpaired) electrons. The Morgan fingerprint density at radius 1 is 1.19 bits per heavy atom. The standard InChI is InChI=1S/C25H21N5S/c1-15-11-17(12-18(13-26)24-28-21-8-4-5-9-22(21)29-24)16(2)30(15)25-20(14-27)19-7-3-6-10-23(19)31-25/h4-5,8-9,11-12H,3,6-7,10H2,1-2H3,(H,28,29)/b18-12+. The van der Waals surface area contributed by atoms with Crippen LogP contribution in [0.15, 0.2) is 30.3 Å². The number of rotatable bonds is 3. The Hall–Kier alpha value is -3.61. The van der Waals surface area contributed by atoms with E-state index >= 15 is 0 Å². The molecular weight excluding hydrogens is 402 g/mol. The zero-order valence-electron chi connectivity index (χ0n) is 17.5. The lowest BCUT2D eigenvalue weighted by Crippen LogP contribution is -2.02. The SMILES string of the molecule is Cc1cc(/C=C(\C#N)c2nc3ccccc3[nH]2)c(C)n1-c1sc2c(c1C#N)CCCC2. The van der Waals surface area contributed by atoms with Gasteiger partial charge in [-0.3, -0.25) is 0 Å². The van der Waals surface area contributed by atoms with E-state index in [1.54, 1.807) is 11.3 Å². The van der Waals surface area contributed by atoms with E-state index in [1.165, 1.54) is 16.9 Å². The van der Waals surface area contributed by atoms with Gasteiger partial charge in [-0.2, -0.15) is 10.5 Å². The van der Waals surface area contributed by atoms with E-state index in [0.29, 0.717) is 11.4 Å². The number of fused-ring (bicyclic) bond motifs is 2. The van der Waals surface area contributed by atoms with Crippen LogP contribution in [0, 0.1) is 36.5 Å². The van der Waals surface area contributed by atoms with Gasteiger partial charge in [0, 0.05) is 16.3 Å². The molecule has 0 saturated heterocycles. The summed E-state index contributed by atoms with van der Waals surface area (Å²) in [5.74, 6) is 0.567. The van der Waals surface area contributed by atoms with Crippen molar-refractivity contribution in [2.45, 2.75) is 39.5 Å². The van der Waals surface area contributed by atoms with Crippen molar-refractivity contribution in [3.05, 3.63) is 69.1 Å². The number of aromatic amines is 1. The molecule has 1 aliphatic rings. The van der Waals surface area contributed by atoms with E-state index in [9.17, 15) is 10.5 Å². The molecule has 3 heterocycles. The Labute approximate surface area is 184 Å². The van der Waals surface area contributed by atoms with E-state index in [-0.39, 0.29) is 0 Å². The number of thiophene rings is 1. The summed E-state index contributed by atoms with van der Waals surface area (Å²) in [7, 11) is 0. The van der Waals surface area contributed by atoms with Gasteiger partial charge in [0.1, 0.15) is 23.0 Å². The van der Waals surface area contributed by atoms with Gasteiger partial charge in [-0.15, -0.1) is 11.3 Å². The molecule has 0 aliphatic heterocycles. The average Bonchev–Trinajstić information content (AvgIpc) is 3.44. The van der Waals surface area contributed by atoms with Crippen LogP contribution in [0.5, 0.6) is 0 Å². The first kappa shape index (κ1) is 19.4. The van der Waals surface area contributed by atoms with Crippen LogP contribution in [-0.2, 0) is 12.8 Å². The molecule has 6 heteroatoms. The van der Waals surface area contributed by atoms with Crippen LogP contribution in [0.3, 0.4) is 0 Å². The van der Waals surface area contributed by atoms with Gasteiger partial charge in [0.25, 0.3) is 0 Å². The largest absolute Gasteiger partial charge is 0.337 e. The maximum atomic E-state index is 9.89. The third-order valence-corrected chi connectivity index (χ3v) is 7.28. The molecule has 4 aromatic rings. The Bertz CT molecular complexity index is 1400. The molecule has 31 heavy (non-hydrogen) atoms. The number of imidazole rings is 1. The Morgan fingerprint density at radius 2 is 2.00 bits per heavy atom. The summed E-state index contributed by atoms with van der Waals surface area (Å²) in [6, 6.07) is 14.6. The number of aromatic nitrogens is 3. The van der Waals surface area contributed by atoms with Crippen LogP contribution < -0.4 is 0 Å². The zero-order chi connectivity index (χ0) is 21.5. The highest BCUT2D eigenvalue weighted by Gasteiger charge is 2.24. The maximum Gasteiger partial charge on any atom is 0.149 e. The quantitative estimate of drug-likeness (QED) is 0.420. The number of H-pyrrole nitrogens is 1. The smallest absolute Gasteiger partial charge is 0.149 e. The normalized spacial score (nSPS) is 13.7. The van der Waals surface area contributed by atoms with Crippen molar-refractivity contribution in [2.24, 2.45) is 0 Å². The maximum absolute atomic E-state index is 9.89. The second-order valence-electron chi connectivity index (χ2n) is 7.94. The van der Waals surface area contributed by atoms with Gasteiger partial charge in [0.05, 0.1) is 22.2 Å². The number of benzene rings is 1. The third kappa shape index (κ3) is 3.17. The topological polar surface area (TPSA) is 81.2 Å². The summed E-state index contributed by atoms with van der Waals surface area (Å²) in [5.41, 5.74) is 7.33. The van der Waals surface area contributed by atoms with Gasteiger partial charge in [-0.1, -0.05) is 12.1 Å². The van der Waals surface area contributed by atoms with Crippen LogP contribution >= 0.6 is 11.3 Å². The number of allylic oxidation sites excluding steroid dienone is 1. The summed E-state index contributed by atoms with van der Waals surface area (Å²) in [4.78, 5) is 9.16. The summed E-state index contributed by atoms with van der Waals surface area (Å²) >= 11 is 1.74. The molecule has 5 nitrogen and oxygen atoms in total. The Morgan fingerprint density at radius 3 is 2.77 bits per heavy atom. The Kier molecular flexibility index (Phi) is 4.73. The third-order valence-electron chi connectivity index (χ3n) is 6.00. The molecule has 0 atom stereocenters. The van der Waals surface area contributed by atoms with E-state index in [0.717, 1.165) is 57.8 Å². The minimum Gasteiger partial charge on any atom is -0.337 e. The van der Waals surface area contributed by atoms with Gasteiger partial charge < -0.3 is 9.55 Å². The molecule has 1 N–H and O–H groups in total. The van der Waals surface area contributed by atoms with E-state index < -0.39 is 0 Å². The molecule has 1 aromatic carbocycles. The van der Waals surface area contributed by atoms with Gasteiger partial charge in [-0.05, 0) is 74.9 Å². The fourth-order valence-electron chi connectivity index (χ4n) is 4.46. The van der Waals surface area contributed by atoms with Crippen molar-refractivity contribution < 1.29 is 0 Å². The summed E-state index contributed by atoms with van der Waals surface area (Å²) in [6.45, 7) is 4.10. The molecule has 0 bridgehead atoms. The first-order valence-corrected chi connectivity index (χ1v) is 11.2. The zero-order valence-corrected chi connectivity index (χ0v) is 18.3. The van der Waals surface area contributed by atoms with Crippen molar-refractivity contribution in [3.8, 4) is 17.1 Å². The van der Waals surface area contributed by atoms with Gasteiger partial charge in [0.15, 0.2) is 0 Å². The van der Waals surface area contributed by atoms with E-state index in [1.807, 2.05) is 37.3 Å². The lowest BCUT2D eigenvalue weighted by atomic mass is 9.96. The molecule has 0 fully saturated rings. The van der Waals surface area contributed by atoms with Crippen LogP contribution in [0.25, 0.3) is 27.7 Å². The lowest BCUT2D eigenvalue weighted by Gasteiger charge is -2.10. The van der Waals surface area contributed by atoms with Crippen molar-refractivity contribution in [1.82, 2.24) is 14.5 Å². The first-order chi connectivity index (χ1) is 15.1. The van der Waals surface area contributed by atoms with Gasteiger partial charge in [0.2, 0.25) is 0 Å². The highest BCUT2D eigenvalue weighted by atomic mass is 32.1. The van der Waals surface area contributed by atoms with Crippen molar-refractivity contribution in [1.29, 1.82) is 10.5 Å². The summed E-state index contributed by atoms with van der Waals surface area (Å²) < 4.78 is 2.17. The summed E-state index contributed by atoms with van der Waals surface area (Å²) in [5, 5.41) is 20.7. The number of hydrogen-bond acceptors (Lipinski definition) is 4. The monoisotopic (exact) mass is 423 g/mol. The first-order valence-electron chi connectivity index (χ1n) is 10.4. The molecule has 5 rings (SSSR count). The fourth-order valence-corrected chi connectivity index (χ4v) is 5.91.